The summed E-state index contributed by atoms with van der Waals surface area (Å²) in [5.41, 5.74) is -8.80. The molecule has 0 radical (unpaired) electrons. The van der Waals surface area contributed by atoms with Gasteiger partial charge in [-0.15, -0.1) is 0 Å². The molecule has 0 aliphatic heterocycles. The van der Waals surface area contributed by atoms with Crippen LogP contribution in [0.3, 0.4) is 0 Å². The minimum Gasteiger partial charge on any atom is -0.396 e. The highest BCUT2D eigenvalue weighted by Crippen LogP contribution is 2.66. The quantitative estimate of drug-likeness (QED) is 0.187. The molecule has 23 heteroatoms. The van der Waals surface area contributed by atoms with E-state index in [1.807, 2.05) is 5.32 Å². The zero-order valence-electron chi connectivity index (χ0n) is 18.9. The predicted octanol–water partition coefficient (Wildman–Crippen LogP) is 5.11. The van der Waals surface area contributed by atoms with Gasteiger partial charge in [0.1, 0.15) is 0 Å². The Hall–Kier alpha value is -1.49. The molecule has 0 rings (SSSR count). The van der Waals surface area contributed by atoms with E-state index in [4.69, 9.17) is 10.2 Å². The number of nitrogens with one attached hydrogen (secondary N) is 1. The van der Waals surface area contributed by atoms with E-state index in [1.54, 1.807) is 0 Å². The number of rotatable bonds is 15. The number of aliphatic hydroxyl groups excluding tert-OH is 3. The molecule has 0 aromatic carbocycles. The first-order valence-corrected chi connectivity index (χ1v) is 10.1. The van der Waals surface area contributed by atoms with E-state index < -0.39 is 91.9 Å². The van der Waals surface area contributed by atoms with Crippen molar-refractivity contribution < 1.29 is 98.7 Å². The number of alkyl halides is 19. The Kier molecular flexibility index (Phi) is 11.2. The first-order chi connectivity index (χ1) is 17.4. The third kappa shape index (κ3) is 6.15. The molecule has 1 atom stereocenters. The van der Waals surface area contributed by atoms with Crippen LogP contribution in [0.2, 0.25) is 0 Å². The molecule has 1 unspecified atom stereocenters. The number of hydrogen-bond acceptors (Lipinski definition) is 4. The van der Waals surface area contributed by atoms with Crippen molar-refractivity contribution in [2.24, 2.45) is 0 Å². The van der Waals surface area contributed by atoms with Crippen molar-refractivity contribution in [3.8, 4) is 0 Å². The summed E-state index contributed by atoms with van der Waals surface area (Å²) in [6.45, 7) is -2.70. The molecular formula is C17H18F19NO3. The van der Waals surface area contributed by atoms with Crippen LogP contribution in [0.25, 0.3) is 0 Å². The average molecular weight is 645 g/mol. The average Bonchev–Trinajstić information content (AvgIpc) is 2.74. The summed E-state index contributed by atoms with van der Waals surface area (Å²) in [6, 6.07) is -1.09. The molecule has 4 nitrogen and oxygen atoms in total. The van der Waals surface area contributed by atoms with Gasteiger partial charge in [-0.3, -0.25) is 0 Å². The van der Waals surface area contributed by atoms with E-state index in [0.29, 0.717) is 0 Å². The summed E-state index contributed by atoms with van der Waals surface area (Å²) in [6.07, 6.45) is -23.4. The highest BCUT2D eigenvalue weighted by atomic mass is 19.4. The van der Waals surface area contributed by atoms with Gasteiger partial charge in [-0.1, -0.05) is 0 Å². The summed E-state index contributed by atoms with van der Waals surface area (Å²) in [4.78, 5) is 0. The van der Waals surface area contributed by atoms with Gasteiger partial charge in [0, 0.05) is 32.2 Å². The normalized spacial score (nSPS) is 16.6. The lowest BCUT2D eigenvalue weighted by atomic mass is 9.83. The van der Waals surface area contributed by atoms with Crippen molar-refractivity contribution in [2.75, 3.05) is 19.8 Å². The van der Waals surface area contributed by atoms with Crippen LogP contribution in [0.15, 0.2) is 0 Å². The minimum atomic E-state index is -9.09. The van der Waals surface area contributed by atoms with Gasteiger partial charge < -0.3 is 20.6 Å². The summed E-state index contributed by atoms with van der Waals surface area (Å²) in [7, 11) is 0. The maximum absolute atomic E-state index is 13.9. The van der Waals surface area contributed by atoms with Crippen LogP contribution in [0, 0.1) is 0 Å². The smallest absolute Gasteiger partial charge is 0.396 e. The van der Waals surface area contributed by atoms with E-state index in [2.05, 4.69) is 0 Å². The van der Waals surface area contributed by atoms with Gasteiger partial charge in [0.05, 0.1) is 6.10 Å². The van der Waals surface area contributed by atoms with E-state index in [1.165, 1.54) is 0 Å². The predicted molar refractivity (Wildman–Crippen MR) is 91.5 cm³/mol. The molecule has 40 heavy (non-hydrogen) atoms. The fraction of sp³-hybridized carbons (Fsp3) is 1.00. The molecule has 4 N–H and O–H groups in total. The zero-order chi connectivity index (χ0) is 32.6. The van der Waals surface area contributed by atoms with E-state index >= 15 is 0 Å². The topological polar surface area (TPSA) is 72.7 Å². The molecule has 0 saturated heterocycles. The zero-order valence-corrected chi connectivity index (χ0v) is 18.9. The van der Waals surface area contributed by atoms with Gasteiger partial charge in [-0.05, 0) is 12.8 Å². The van der Waals surface area contributed by atoms with Crippen LogP contribution in [0.5, 0.6) is 0 Å². The van der Waals surface area contributed by atoms with Crippen molar-refractivity contribution >= 4 is 0 Å². The van der Waals surface area contributed by atoms with E-state index in [9.17, 15) is 88.5 Å². The number of hydrogen-bond donors (Lipinski definition) is 4. The van der Waals surface area contributed by atoms with Crippen molar-refractivity contribution in [1.82, 2.24) is 5.32 Å². The molecule has 0 aliphatic carbocycles. The first-order valence-electron chi connectivity index (χ1n) is 10.1. The van der Waals surface area contributed by atoms with Crippen LogP contribution in [0.1, 0.15) is 19.3 Å². The molecule has 0 aromatic heterocycles. The standard InChI is InChI=1S/C17H18F19NO3/c18-9(19,5-8(40)6-37-7(1-3-38)2-4-39)11(21,22)13(25,26)15(29,30)14(27,28)12(23,24)10(20,16(31,32)33)17(34,35)36/h7-8,37-40H,1-6H2. The molecule has 0 saturated carbocycles. The Morgan fingerprint density at radius 3 is 1.15 bits per heavy atom. The van der Waals surface area contributed by atoms with Gasteiger partial charge in [0.25, 0.3) is 0 Å². The van der Waals surface area contributed by atoms with Crippen molar-refractivity contribution in [3.63, 3.8) is 0 Å². The lowest BCUT2D eigenvalue weighted by Crippen LogP contribution is -2.77. The fourth-order valence-electron chi connectivity index (χ4n) is 3.01. The summed E-state index contributed by atoms with van der Waals surface area (Å²) in [5, 5.41) is 28.8. The van der Waals surface area contributed by atoms with Crippen LogP contribution in [-0.4, -0.2) is 101 Å². The van der Waals surface area contributed by atoms with Gasteiger partial charge >= 0.3 is 53.6 Å². The fourth-order valence-corrected chi connectivity index (χ4v) is 3.01. The monoisotopic (exact) mass is 645 g/mol. The summed E-state index contributed by atoms with van der Waals surface area (Å²) < 4.78 is 253. The molecule has 0 heterocycles. The Morgan fingerprint density at radius 1 is 0.500 bits per heavy atom. The highest BCUT2D eigenvalue weighted by molar-refractivity contribution is 5.19. The van der Waals surface area contributed by atoms with Crippen molar-refractivity contribution in [2.45, 2.75) is 85.0 Å². The van der Waals surface area contributed by atoms with Crippen LogP contribution >= 0.6 is 0 Å². The lowest BCUT2D eigenvalue weighted by molar-refractivity contribution is -0.472. The highest BCUT2D eigenvalue weighted by Gasteiger charge is 2.98. The minimum absolute atomic E-state index is 0.320. The Bertz CT molecular complexity index is 806. The Morgan fingerprint density at radius 2 is 0.825 bits per heavy atom. The van der Waals surface area contributed by atoms with Crippen molar-refractivity contribution in [1.29, 1.82) is 0 Å². The SMILES string of the molecule is OCCC(CCO)NCC(O)CC(F)(F)C(F)(F)C(F)(F)C(F)(F)C(F)(F)C(F)(F)C(F)(C(F)(F)F)C(F)(F)F. The number of aliphatic hydroxyl groups is 3. The van der Waals surface area contributed by atoms with Crippen LogP contribution in [-0.2, 0) is 0 Å². The molecule has 0 fully saturated rings. The first kappa shape index (κ1) is 38.5. The molecule has 0 bridgehead atoms. The summed E-state index contributed by atoms with van der Waals surface area (Å²) in [5.74, 6) is -50.6. The third-order valence-electron chi connectivity index (χ3n) is 5.34. The van der Waals surface area contributed by atoms with Crippen molar-refractivity contribution in [3.05, 3.63) is 0 Å². The second-order valence-corrected chi connectivity index (χ2v) is 8.22. The molecular weight excluding hydrogens is 627 g/mol. The van der Waals surface area contributed by atoms with Gasteiger partial charge in [0.2, 0.25) is 0 Å². The Balaban J connectivity index is 6.53. The Labute approximate surface area is 210 Å². The largest absolute Gasteiger partial charge is 0.438 e. The van der Waals surface area contributed by atoms with E-state index in [0.717, 1.165) is 0 Å². The van der Waals surface area contributed by atoms with Gasteiger partial charge in [-0.25, -0.2) is 4.39 Å². The molecule has 0 amide bonds. The van der Waals surface area contributed by atoms with Gasteiger partial charge in [0.15, 0.2) is 0 Å². The molecule has 0 aromatic rings. The van der Waals surface area contributed by atoms with Crippen LogP contribution in [0.4, 0.5) is 83.4 Å². The maximum atomic E-state index is 13.9. The maximum Gasteiger partial charge on any atom is 0.438 e. The van der Waals surface area contributed by atoms with Gasteiger partial charge in [-0.2, -0.15) is 79.0 Å². The second-order valence-electron chi connectivity index (χ2n) is 8.22. The molecule has 0 aliphatic rings. The third-order valence-corrected chi connectivity index (χ3v) is 5.34. The van der Waals surface area contributed by atoms with Crippen LogP contribution < -0.4 is 5.32 Å². The lowest BCUT2D eigenvalue weighted by Gasteiger charge is -2.45. The molecule has 242 valence electrons. The molecule has 0 spiro atoms. The second kappa shape index (κ2) is 11.7. The summed E-state index contributed by atoms with van der Waals surface area (Å²) >= 11 is 0. The number of halogens is 19. The van der Waals surface area contributed by atoms with E-state index in [-0.39, 0.29) is 12.8 Å².